The normalized spacial score (nSPS) is 9.85. The summed E-state index contributed by atoms with van der Waals surface area (Å²) in [5.41, 5.74) is 5.16. The summed E-state index contributed by atoms with van der Waals surface area (Å²) in [6.07, 6.45) is 0.619. The molecule has 0 radical (unpaired) electrons. The Hall–Kier alpha value is -2.28. The molecule has 0 fully saturated rings. The quantitative estimate of drug-likeness (QED) is 0.593. The predicted octanol–water partition coefficient (Wildman–Crippen LogP) is 1.43. The Labute approximate surface area is 120 Å². The molecule has 0 heterocycles. The molecule has 0 aliphatic heterocycles. The van der Waals surface area contributed by atoms with Gasteiger partial charge >= 0.3 is 12.0 Å². The number of amides is 3. The van der Waals surface area contributed by atoms with E-state index < -0.39 is 17.9 Å². The molecule has 7 nitrogen and oxygen atoms in total. The summed E-state index contributed by atoms with van der Waals surface area (Å²) >= 11 is 5.71. The van der Waals surface area contributed by atoms with Crippen LogP contribution in [0.3, 0.4) is 0 Å². The van der Waals surface area contributed by atoms with Gasteiger partial charge < -0.3 is 21.5 Å². The van der Waals surface area contributed by atoms with E-state index in [1.807, 2.05) is 0 Å². The number of primary amides is 1. The van der Waals surface area contributed by atoms with Crippen molar-refractivity contribution in [3.63, 3.8) is 0 Å². The molecule has 0 aliphatic rings. The molecule has 0 spiro atoms. The lowest BCUT2D eigenvalue weighted by molar-refractivity contribution is -0.118. The Morgan fingerprint density at radius 1 is 1.30 bits per heavy atom. The molecule has 0 saturated carbocycles. The molecule has 0 saturated heterocycles. The average molecular weight is 300 g/mol. The zero-order valence-electron chi connectivity index (χ0n) is 10.5. The average Bonchev–Trinajstić information content (AvgIpc) is 2.36. The van der Waals surface area contributed by atoms with E-state index in [-0.39, 0.29) is 23.6 Å². The molecule has 8 heteroatoms. The largest absolute Gasteiger partial charge is 0.478 e. The van der Waals surface area contributed by atoms with Crippen molar-refractivity contribution < 1.29 is 19.5 Å². The van der Waals surface area contributed by atoms with Gasteiger partial charge in [0.25, 0.3) is 0 Å². The van der Waals surface area contributed by atoms with E-state index in [0.29, 0.717) is 12.1 Å². The summed E-state index contributed by atoms with van der Waals surface area (Å²) in [5.74, 6) is -1.61. The second kappa shape index (κ2) is 7.34. The monoisotopic (exact) mass is 299 g/mol. The van der Waals surface area contributed by atoms with Crippen molar-refractivity contribution in [3.05, 3.63) is 28.8 Å². The molecular weight excluding hydrogens is 286 g/mol. The molecule has 1 rings (SSSR count). The predicted molar refractivity (Wildman–Crippen MR) is 73.9 cm³/mol. The number of urea groups is 1. The van der Waals surface area contributed by atoms with Gasteiger partial charge in [-0.15, -0.1) is 0 Å². The number of carboxylic acid groups (broad SMARTS) is 1. The van der Waals surface area contributed by atoms with E-state index >= 15 is 0 Å². The number of carbonyl (C=O) groups is 3. The van der Waals surface area contributed by atoms with Gasteiger partial charge in [0.15, 0.2) is 0 Å². The number of hydrogen-bond donors (Lipinski definition) is 4. The number of rotatable bonds is 6. The number of hydrogen-bond acceptors (Lipinski definition) is 3. The van der Waals surface area contributed by atoms with E-state index in [1.165, 1.54) is 18.2 Å². The van der Waals surface area contributed by atoms with Crippen LogP contribution in [0.2, 0.25) is 5.02 Å². The summed E-state index contributed by atoms with van der Waals surface area (Å²) in [6.45, 7) is 0.286. The molecule has 0 aromatic heterocycles. The Kier molecular flexibility index (Phi) is 5.79. The smallest absolute Gasteiger partial charge is 0.337 e. The summed E-state index contributed by atoms with van der Waals surface area (Å²) in [5, 5.41) is 14.0. The number of nitrogens with two attached hydrogens (primary N) is 1. The molecule has 0 unspecified atom stereocenters. The highest BCUT2D eigenvalue weighted by molar-refractivity contribution is 6.33. The molecule has 1 aromatic rings. The van der Waals surface area contributed by atoms with E-state index in [4.69, 9.17) is 22.4 Å². The van der Waals surface area contributed by atoms with Gasteiger partial charge in [-0.2, -0.15) is 0 Å². The minimum absolute atomic E-state index is 0.0879. The fourth-order valence-corrected chi connectivity index (χ4v) is 1.61. The number of halogens is 1. The highest BCUT2D eigenvalue weighted by Gasteiger charge is 2.10. The summed E-state index contributed by atoms with van der Waals surface area (Å²) in [7, 11) is 0. The van der Waals surface area contributed by atoms with Gasteiger partial charge in [0.05, 0.1) is 10.6 Å². The third-order valence-corrected chi connectivity index (χ3v) is 2.67. The number of aromatic carboxylic acids is 1. The Morgan fingerprint density at radius 3 is 2.60 bits per heavy atom. The van der Waals surface area contributed by atoms with Crippen LogP contribution in [0.25, 0.3) is 0 Å². The topological polar surface area (TPSA) is 122 Å². The van der Waals surface area contributed by atoms with Gasteiger partial charge in [0, 0.05) is 18.7 Å². The van der Waals surface area contributed by atoms with Crippen molar-refractivity contribution in [2.24, 2.45) is 5.73 Å². The maximum atomic E-state index is 11.5. The lowest BCUT2D eigenvalue weighted by Gasteiger charge is -2.08. The fraction of sp³-hybridized carbons (Fsp3) is 0.250. The molecule has 1 aromatic carbocycles. The number of anilines is 1. The van der Waals surface area contributed by atoms with Crippen LogP contribution in [0.5, 0.6) is 0 Å². The first-order valence-electron chi connectivity index (χ1n) is 5.76. The molecule has 108 valence electrons. The van der Waals surface area contributed by atoms with Crippen LogP contribution in [-0.4, -0.2) is 29.6 Å². The van der Waals surface area contributed by atoms with Crippen LogP contribution in [0.4, 0.5) is 10.5 Å². The third kappa shape index (κ3) is 5.15. The molecule has 0 bridgehead atoms. The molecular formula is C12H14ClN3O4. The standard InChI is InChI=1S/C12H14ClN3O4/c13-9-4-3-7(6-8(9)11(18)19)16-12(20)15-5-1-2-10(14)17/h3-4,6H,1-2,5H2,(H2,14,17)(H,18,19)(H2,15,16,20). The number of nitrogens with one attached hydrogen (secondary N) is 2. The van der Waals surface area contributed by atoms with Gasteiger partial charge in [-0.3, -0.25) is 4.79 Å². The zero-order valence-corrected chi connectivity index (χ0v) is 11.2. The molecule has 3 amide bonds. The van der Waals surface area contributed by atoms with Crippen molar-refractivity contribution in [2.45, 2.75) is 12.8 Å². The maximum Gasteiger partial charge on any atom is 0.337 e. The van der Waals surface area contributed by atoms with Crippen molar-refractivity contribution >= 4 is 35.2 Å². The van der Waals surface area contributed by atoms with Crippen LogP contribution >= 0.6 is 11.6 Å². The van der Waals surface area contributed by atoms with E-state index in [9.17, 15) is 14.4 Å². The minimum Gasteiger partial charge on any atom is -0.478 e. The van der Waals surface area contributed by atoms with E-state index in [0.717, 1.165) is 0 Å². The van der Waals surface area contributed by atoms with Gasteiger partial charge in [0.1, 0.15) is 0 Å². The minimum atomic E-state index is -1.18. The molecule has 0 atom stereocenters. The Morgan fingerprint density at radius 2 is 2.00 bits per heavy atom. The number of carbonyl (C=O) groups excluding carboxylic acids is 2. The van der Waals surface area contributed by atoms with Crippen molar-refractivity contribution in [3.8, 4) is 0 Å². The first kappa shape index (κ1) is 15.8. The summed E-state index contributed by atoms with van der Waals surface area (Å²) in [4.78, 5) is 32.9. The Bertz CT molecular complexity index is 533. The van der Waals surface area contributed by atoms with Crippen LogP contribution in [-0.2, 0) is 4.79 Å². The van der Waals surface area contributed by atoms with Crippen molar-refractivity contribution in [1.82, 2.24) is 5.32 Å². The van der Waals surface area contributed by atoms with Gasteiger partial charge in [-0.05, 0) is 24.6 Å². The first-order chi connectivity index (χ1) is 9.40. The SMILES string of the molecule is NC(=O)CCCNC(=O)Nc1ccc(Cl)c(C(=O)O)c1. The van der Waals surface area contributed by atoms with Crippen LogP contribution in [0.15, 0.2) is 18.2 Å². The van der Waals surface area contributed by atoms with E-state index in [1.54, 1.807) is 0 Å². The van der Waals surface area contributed by atoms with Crippen molar-refractivity contribution in [2.75, 3.05) is 11.9 Å². The second-order valence-electron chi connectivity index (χ2n) is 3.95. The van der Waals surface area contributed by atoms with Crippen molar-refractivity contribution in [1.29, 1.82) is 0 Å². The Balaban J connectivity index is 2.52. The number of benzene rings is 1. The van der Waals surface area contributed by atoms with Crippen LogP contribution in [0, 0.1) is 0 Å². The lowest BCUT2D eigenvalue weighted by Crippen LogP contribution is -2.30. The molecule has 5 N–H and O–H groups in total. The van der Waals surface area contributed by atoms with Crippen LogP contribution in [0.1, 0.15) is 23.2 Å². The zero-order chi connectivity index (χ0) is 15.1. The molecule has 20 heavy (non-hydrogen) atoms. The highest BCUT2D eigenvalue weighted by Crippen LogP contribution is 2.20. The summed E-state index contributed by atoms with van der Waals surface area (Å²) < 4.78 is 0. The maximum absolute atomic E-state index is 11.5. The van der Waals surface area contributed by atoms with E-state index in [2.05, 4.69) is 10.6 Å². The molecule has 0 aliphatic carbocycles. The lowest BCUT2D eigenvalue weighted by atomic mass is 10.2. The second-order valence-corrected chi connectivity index (χ2v) is 4.36. The fourth-order valence-electron chi connectivity index (χ4n) is 1.41. The van der Waals surface area contributed by atoms with Crippen LogP contribution < -0.4 is 16.4 Å². The third-order valence-electron chi connectivity index (χ3n) is 2.34. The van der Waals surface area contributed by atoms with Gasteiger partial charge in [-0.25, -0.2) is 9.59 Å². The summed E-state index contributed by atoms with van der Waals surface area (Å²) in [6, 6.07) is 3.62. The van der Waals surface area contributed by atoms with Gasteiger partial charge in [0.2, 0.25) is 5.91 Å². The highest BCUT2D eigenvalue weighted by atomic mass is 35.5. The van der Waals surface area contributed by atoms with Gasteiger partial charge in [-0.1, -0.05) is 11.6 Å². The number of carboxylic acids is 1. The first-order valence-corrected chi connectivity index (χ1v) is 6.14.